The van der Waals surface area contributed by atoms with Crippen molar-refractivity contribution in [2.75, 3.05) is 6.61 Å². The second-order valence-electron chi connectivity index (χ2n) is 8.22. The first-order valence-corrected chi connectivity index (χ1v) is 11.0. The molecule has 1 aliphatic rings. The van der Waals surface area contributed by atoms with Crippen LogP contribution in [-0.4, -0.2) is 33.5 Å². The number of hydrogen-bond acceptors (Lipinski definition) is 3. The molecule has 4 nitrogen and oxygen atoms in total. The molecular formula is C24H28Cl2N2O2. The smallest absolute Gasteiger partial charge is 0.229 e. The van der Waals surface area contributed by atoms with Gasteiger partial charge in [0.05, 0.1) is 34.8 Å². The molecule has 3 rings (SSSR count). The second-order valence-corrected chi connectivity index (χ2v) is 9.10. The molecular weight excluding hydrogens is 419 g/mol. The fourth-order valence-electron chi connectivity index (χ4n) is 4.56. The molecule has 1 aromatic heterocycles. The Kier molecular flexibility index (Phi) is 7.22. The predicted molar refractivity (Wildman–Crippen MR) is 122 cm³/mol. The zero-order valence-electron chi connectivity index (χ0n) is 17.4. The van der Waals surface area contributed by atoms with Crippen LogP contribution in [0.25, 0.3) is 0 Å². The van der Waals surface area contributed by atoms with Gasteiger partial charge in [-0.2, -0.15) is 0 Å². The summed E-state index contributed by atoms with van der Waals surface area (Å²) in [4.78, 5) is 20.2. The summed E-state index contributed by atoms with van der Waals surface area (Å²) >= 11 is 12.4. The molecule has 0 saturated carbocycles. The lowest BCUT2D eigenvalue weighted by atomic mass is 9.67. The minimum atomic E-state index is -0.625. The van der Waals surface area contributed by atoms with Crippen LogP contribution >= 0.6 is 23.2 Å². The predicted octanol–water partition coefficient (Wildman–Crippen LogP) is 5.80. The number of benzene rings is 1. The van der Waals surface area contributed by atoms with Gasteiger partial charge in [0.2, 0.25) is 5.91 Å². The topological polar surface area (TPSA) is 53.4 Å². The van der Waals surface area contributed by atoms with Crippen molar-refractivity contribution < 1.29 is 9.90 Å². The highest BCUT2D eigenvalue weighted by Gasteiger charge is 2.51. The van der Waals surface area contributed by atoms with E-state index in [2.05, 4.69) is 11.6 Å². The lowest BCUT2D eigenvalue weighted by Gasteiger charge is -2.51. The van der Waals surface area contributed by atoms with Gasteiger partial charge in [-0.1, -0.05) is 55.3 Å². The van der Waals surface area contributed by atoms with Gasteiger partial charge < -0.3 is 10.0 Å². The molecule has 1 N–H and O–H groups in total. The van der Waals surface area contributed by atoms with E-state index in [9.17, 15) is 9.90 Å². The molecule has 1 unspecified atom stereocenters. The van der Waals surface area contributed by atoms with Crippen LogP contribution in [0.4, 0.5) is 0 Å². The maximum Gasteiger partial charge on any atom is 0.229 e. The summed E-state index contributed by atoms with van der Waals surface area (Å²) in [7, 11) is 0. The second kappa shape index (κ2) is 9.51. The molecule has 30 heavy (non-hydrogen) atoms. The summed E-state index contributed by atoms with van der Waals surface area (Å²) in [5.74, 6) is -0.0241. The summed E-state index contributed by atoms with van der Waals surface area (Å²) in [5, 5.41) is 11.3. The standard InChI is InChI=1S/C24H28Cl2N2O2/c1-4-11-24(3)13-20(16-7-6-8-17(25)12-16)22(21-10-9-18(26)14-27-21)28(23(24)30)19(5-2)15-29/h4,6-10,12,14,19-20,22,29H,1,5,11,13,15H2,2-3H3/t19?,20-,22+,24+/m1/s1. The lowest BCUT2D eigenvalue weighted by Crippen LogP contribution is -2.56. The van der Waals surface area contributed by atoms with Gasteiger partial charge in [0.25, 0.3) is 0 Å². The van der Waals surface area contributed by atoms with Crippen LogP contribution in [0.5, 0.6) is 0 Å². The van der Waals surface area contributed by atoms with Gasteiger partial charge >= 0.3 is 0 Å². The maximum atomic E-state index is 13.8. The first kappa shape index (κ1) is 22.8. The Bertz CT molecular complexity index is 898. The van der Waals surface area contributed by atoms with Gasteiger partial charge in [0.15, 0.2) is 0 Å². The molecule has 1 fully saturated rings. The van der Waals surface area contributed by atoms with Crippen molar-refractivity contribution in [3.63, 3.8) is 0 Å². The summed E-state index contributed by atoms with van der Waals surface area (Å²) in [6, 6.07) is 10.8. The monoisotopic (exact) mass is 446 g/mol. The molecule has 2 heterocycles. The molecule has 0 aliphatic carbocycles. The number of carbonyl (C=O) groups is 1. The molecule has 6 heteroatoms. The molecule has 0 spiro atoms. The number of aromatic nitrogens is 1. The van der Waals surface area contributed by atoms with Crippen molar-refractivity contribution >= 4 is 29.1 Å². The molecule has 1 saturated heterocycles. The van der Waals surface area contributed by atoms with Gasteiger partial charge in [-0.3, -0.25) is 9.78 Å². The molecule has 160 valence electrons. The number of carbonyl (C=O) groups excluding carboxylic acids is 1. The molecule has 1 amide bonds. The van der Waals surface area contributed by atoms with E-state index in [0.29, 0.717) is 29.3 Å². The summed E-state index contributed by atoms with van der Waals surface area (Å²) in [6.07, 6.45) is 5.23. The maximum absolute atomic E-state index is 13.8. The van der Waals surface area contributed by atoms with Crippen LogP contribution in [0.1, 0.15) is 56.3 Å². The molecule has 0 bridgehead atoms. The Morgan fingerprint density at radius 2 is 2.10 bits per heavy atom. The van der Waals surface area contributed by atoms with E-state index in [-0.39, 0.29) is 30.5 Å². The number of piperidine rings is 1. The van der Waals surface area contributed by atoms with Gasteiger partial charge in [0, 0.05) is 17.1 Å². The van der Waals surface area contributed by atoms with Crippen molar-refractivity contribution in [2.24, 2.45) is 5.41 Å². The van der Waals surface area contributed by atoms with Crippen LogP contribution in [0.15, 0.2) is 55.3 Å². The molecule has 1 aliphatic heterocycles. The van der Waals surface area contributed by atoms with E-state index >= 15 is 0 Å². The minimum Gasteiger partial charge on any atom is -0.394 e. The average Bonchev–Trinajstić information content (AvgIpc) is 2.73. The van der Waals surface area contributed by atoms with E-state index in [4.69, 9.17) is 23.2 Å². The van der Waals surface area contributed by atoms with Gasteiger partial charge in [0.1, 0.15) is 0 Å². The Morgan fingerprint density at radius 1 is 1.33 bits per heavy atom. The van der Waals surface area contributed by atoms with Crippen molar-refractivity contribution in [3.8, 4) is 0 Å². The number of aliphatic hydroxyl groups excluding tert-OH is 1. The number of pyridine rings is 1. The Labute approximate surface area is 188 Å². The fraction of sp³-hybridized carbons (Fsp3) is 0.417. The highest BCUT2D eigenvalue weighted by molar-refractivity contribution is 6.30. The largest absolute Gasteiger partial charge is 0.394 e. The molecule has 0 radical (unpaired) electrons. The van der Waals surface area contributed by atoms with Crippen LogP contribution in [0.2, 0.25) is 10.0 Å². The number of likely N-dealkylation sites (tertiary alicyclic amines) is 1. The van der Waals surface area contributed by atoms with Crippen LogP contribution in [0, 0.1) is 5.41 Å². The van der Waals surface area contributed by atoms with Crippen molar-refractivity contribution in [2.45, 2.75) is 51.1 Å². The zero-order valence-corrected chi connectivity index (χ0v) is 18.9. The van der Waals surface area contributed by atoms with Crippen molar-refractivity contribution in [3.05, 3.63) is 76.6 Å². The third-order valence-electron chi connectivity index (χ3n) is 6.10. The van der Waals surface area contributed by atoms with Crippen molar-refractivity contribution in [1.82, 2.24) is 9.88 Å². The highest BCUT2D eigenvalue weighted by atomic mass is 35.5. The molecule has 1 aromatic carbocycles. The summed E-state index contributed by atoms with van der Waals surface area (Å²) in [5.41, 5.74) is 1.18. The third-order valence-corrected chi connectivity index (χ3v) is 6.56. The number of allylic oxidation sites excluding steroid dienone is 1. The fourth-order valence-corrected chi connectivity index (χ4v) is 4.87. The summed E-state index contributed by atoms with van der Waals surface area (Å²) < 4.78 is 0. The minimum absolute atomic E-state index is 0.0170. The number of halogens is 2. The van der Waals surface area contributed by atoms with Crippen LogP contribution in [0.3, 0.4) is 0 Å². The van der Waals surface area contributed by atoms with Crippen LogP contribution < -0.4 is 0 Å². The normalized spacial score (nSPS) is 25.2. The van der Waals surface area contributed by atoms with E-state index in [1.807, 2.05) is 49.1 Å². The third kappa shape index (κ3) is 4.41. The van der Waals surface area contributed by atoms with E-state index in [0.717, 1.165) is 11.3 Å². The quantitative estimate of drug-likeness (QED) is 0.546. The van der Waals surface area contributed by atoms with Gasteiger partial charge in [-0.25, -0.2) is 0 Å². The number of rotatable bonds is 7. The number of hydrogen-bond donors (Lipinski definition) is 1. The summed E-state index contributed by atoms with van der Waals surface area (Å²) in [6.45, 7) is 7.73. The van der Waals surface area contributed by atoms with Gasteiger partial charge in [-0.15, -0.1) is 6.58 Å². The van der Waals surface area contributed by atoms with E-state index < -0.39 is 5.41 Å². The zero-order chi connectivity index (χ0) is 21.9. The highest BCUT2D eigenvalue weighted by Crippen LogP contribution is 2.51. The molecule has 2 aromatic rings. The lowest BCUT2D eigenvalue weighted by molar-refractivity contribution is -0.156. The first-order chi connectivity index (χ1) is 14.3. The number of aliphatic hydroxyl groups is 1. The van der Waals surface area contributed by atoms with E-state index in [1.165, 1.54) is 0 Å². The van der Waals surface area contributed by atoms with Crippen LogP contribution in [-0.2, 0) is 4.79 Å². The average molecular weight is 447 g/mol. The Hall–Kier alpha value is -1.88. The number of amides is 1. The van der Waals surface area contributed by atoms with E-state index in [1.54, 1.807) is 18.3 Å². The SMILES string of the molecule is C=CC[C@@]1(C)C[C@H](c2cccc(Cl)c2)[C@@H](c2ccc(Cl)cn2)N(C(CC)CO)C1=O. The Morgan fingerprint density at radius 3 is 2.67 bits per heavy atom. The molecule has 4 atom stereocenters. The Balaban J connectivity index is 2.22. The van der Waals surface area contributed by atoms with Gasteiger partial charge in [-0.05, 0) is 49.1 Å². The first-order valence-electron chi connectivity index (χ1n) is 10.3. The van der Waals surface area contributed by atoms with Crippen molar-refractivity contribution in [1.29, 1.82) is 0 Å². The number of nitrogens with zero attached hydrogens (tertiary/aromatic N) is 2.